The van der Waals surface area contributed by atoms with Crippen LogP contribution in [0.25, 0.3) is 11.0 Å². The number of rotatable bonds is 5. The molecule has 112 valence electrons. The van der Waals surface area contributed by atoms with Crippen molar-refractivity contribution in [3.05, 3.63) is 30.0 Å². The van der Waals surface area contributed by atoms with Crippen molar-refractivity contribution in [2.75, 3.05) is 11.9 Å². The molecular formula is C14H15F2N3O2. The van der Waals surface area contributed by atoms with Crippen molar-refractivity contribution < 1.29 is 18.3 Å². The van der Waals surface area contributed by atoms with E-state index >= 15 is 0 Å². The van der Waals surface area contributed by atoms with Crippen LogP contribution >= 0.6 is 0 Å². The Kier molecular flexibility index (Phi) is 4.62. The second kappa shape index (κ2) is 6.43. The molecule has 7 heteroatoms. The van der Waals surface area contributed by atoms with Crippen LogP contribution in [0.5, 0.6) is 0 Å². The van der Waals surface area contributed by atoms with Gasteiger partial charge in [-0.3, -0.25) is 9.78 Å². The van der Waals surface area contributed by atoms with Crippen molar-refractivity contribution in [2.24, 2.45) is 0 Å². The molecule has 1 heterocycles. The first kappa shape index (κ1) is 15.1. The van der Waals surface area contributed by atoms with E-state index in [0.717, 1.165) is 12.1 Å². The van der Waals surface area contributed by atoms with E-state index in [1.165, 1.54) is 6.20 Å². The highest BCUT2D eigenvalue weighted by Crippen LogP contribution is 2.17. The Morgan fingerprint density at radius 3 is 2.67 bits per heavy atom. The summed E-state index contributed by atoms with van der Waals surface area (Å²) in [5.41, 5.74) is 0.500. The molecule has 2 aromatic rings. The summed E-state index contributed by atoms with van der Waals surface area (Å²) >= 11 is 0. The highest BCUT2D eigenvalue weighted by molar-refractivity contribution is 5.76. The van der Waals surface area contributed by atoms with Gasteiger partial charge >= 0.3 is 5.97 Å². The molecule has 0 spiro atoms. The lowest BCUT2D eigenvalue weighted by Gasteiger charge is -2.13. The van der Waals surface area contributed by atoms with Crippen molar-refractivity contribution >= 4 is 22.8 Å². The molecule has 0 aliphatic rings. The van der Waals surface area contributed by atoms with E-state index in [1.54, 1.807) is 13.8 Å². The lowest BCUT2D eigenvalue weighted by molar-refractivity contribution is -0.143. The summed E-state index contributed by atoms with van der Waals surface area (Å²) in [5, 5.41) is 2.97. The minimum absolute atomic E-state index is 0.172. The molecule has 1 aromatic heterocycles. The first-order valence-corrected chi connectivity index (χ1v) is 6.53. The van der Waals surface area contributed by atoms with Crippen LogP contribution in [0, 0.1) is 11.6 Å². The van der Waals surface area contributed by atoms with Crippen LogP contribution in [-0.2, 0) is 9.53 Å². The molecule has 0 aliphatic heterocycles. The third-order valence-electron chi connectivity index (χ3n) is 2.76. The van der Waals surface area contributed by atoms with Gasteiger partial charge in [-0.2, -0.15) is 0 Å². The van der Waals surface area contributed by atoms with Crippen LogP contribution in [0.2, 0.25) is 0 Å². The van der Waals surface area contributed by atoms with Crippen molar-refractivity contribution in [1.82, 2.24) is 9.97 Å². The van der Waals surface area contributed by atoms with Crippen LogP contribution in [-0.4, -0.2) is 28.6 Å². The zero-order valence-electron chi connectivity index (χ0n) is 11.7. The first-order valence-electron chi connectivity index (χ1n) is 6.53. The molecule has 2 rings (SSSR count). The van der Waals surface area contributed by atoms with Crippen LogP contribution < -0.4 is 5.32 Å². The highest BCUT2D eigenvalue weighted by atomic mass is 19.2. The molecule has 0 amide bonds. The van der Waals surface area contributed by atoms with Crippen LogP contribution in [0.1, 0.15) is 20.3 Å². The molecule has 1 aromatic carbocycles. The average molecular weight is 295 g/mol. The maximum atomic E-state index is 13.2. The van der Waals surface area contributed by atoms with E-state index in [0.29, 0.717) is 12.4 Å². The summed E-state index contributed by atoms with van der Waals surface area (Å²) in [5.74, 6) is -1.88. The van der Waals surface area contributed by atoms with Crippen molar-refractivity contribution in [3.63, 3.8) is 0 Å². The van der Waals surface area contributed by atoms with E-state index < -0.39 is 11.6 Å². The average Bonchev–Trinajstić information content (AvgIpc) is 2.40. The third kappa shape index (κ3) is 3.84. The summed E-state index contributed by atoms with van der Waals surface area (Å²) in [7, 11) is 0. The molecule has 0 fully saturated rings. The Morgan fingerprint density at radius 2 is 2.00 bits per heavy atom. The number of nitrogens with zero attached hydrogens (tertiary/aromatic N) is 2. The van der Waals surface area contributed by atoms with Gasteiger partial charge in [-0.15, -0.1) is 0 Å². The third-order valence-corrected chi connectivity index (χ3v) is 2.76. The molecule has 1 unspecified atom stereocenters. The zero-order chi connectivity index (χ0) is 15.4. The molecule has 0 bridgehead atoms. The van der Waals surface area contributed by atoms with Gasteiger partial charge in [-0.1, -0.05) is 0 Å². The normalized spacial score (nSPS) is 12.2. The van der Waals surface area contributed by atoms with Gasteiger partial charge in [0.2, 0.25) is 0 Å². The van der Waals surface area contributed by atoms with Crippen molar-refractivity contribution in [3.8, 4) is 0 Å². The van der Waals surface area contributed by atoms with Crippen LogP contribution in [0.3, 0.4) is 0 Å². The predicted octanol–water partition coefficient (Wildman–Crippen LogP) is 2.66. The minimum atomic E-state index is -0.978. The Balaban J connectivity index is 2.12. The molecule has 1 N–H and O–H groups in total. The molecule has 1 atom stereocenters. The number of ether oxygens (including phenoxy) is 1. The summed E-state index contributed by atoms with van der Waals surface area (Å²) in [6, 6.07) is 1.75. The molecule has 0 radical (unpaired) electrons. The molecule has 0 saturated heterocycles. The fourth-order valence-corrected chi connectivity index (χ4v) is 1.85. The number of aromatic nitrogens is 2. The van der Waals surface area contributed by atoms with E-state index in [9.17, 15) is 13.6 Å². The number of esters is 1. The highest BCUT2D eigenvalue weighted by Gasteiger charge is 2.12. The SMILES string of the molecule is CCOC(=O)CC(C)Nc1cnc2cc(F)c(F)cc2n1. The Morgan fingerprint density at radius 1 is 1.33 bits per heavy atom. The number of carbonyl (C=O) groups is 1. The Hall–Kier alpha value is -2.31. The maximum absolute atomic E-state index is 13.2. The van der Waals surface area contributed by atoms with Gasteiger partial charge in [-0.05, 0) is 13.8 Å². The van der Waals surface area contributed by atoms with Gasteiger partial charge in [-0.25, -0.2) is 13.8 Å². The van der Waals surface area contributed by atoms with Gasteiger partial charge in [0, 0.05) is 18.2 Å². The number of hydrogen-bond donors (Lipinski definition) is 1. The minimum Gasteiger partial charge on any atom is -0.466 e. The van der Waals surface area contributed by atoms with E-state index in [2.05, 4.69) is 15.3 Å². The predicted molar refractivity (Wildman–Crippen MR) is 73.8 cm³/mol. The largest absolute Gasteiger partial charge is 0.466 e. The van der Waals surface area contributed by atoms with Gasteiger partial charge in [0.05, 0.1) is 30.3 Å². The first-order chi connectivity index (χ1) is 9.99. The lowest BCUT2D eigenvalue weighted by Crippen LogP contribution is -2.21. The van der Waals surface area contributed by atoms with E-state index in [1.807, 2.05) is 0 Å². The summed E-state index contributed by atoms with van der Waals surface area (Å²) in [4.78, 5) is 19.5. The molecule has 5 nitrogen and oxygen atoms in total. The van der Waals surface area contributed by atoms with E-state index in [4.69, 9.17) is 4.74 Å². The van der Waals surface area contributed by atoms with E-state index in [-0.39, 0.29) is 29.5 Å². The summed E-state index contributed by atoms with van der Waals surface area (Å²) in [6.07, 6.45) is 1.58. The van der Waals surface area contributed by atoms with Crippen LogP contribution in [0.4, 0.5) is 14.6 Å². The molecule has 21 heavy (non-hydrogen) atoms. The van der Waals surface area contributed by atoms with Gasteiger partial charge < -0.3 is 10.1 Å². The van der Waals surface area contributed by atoms with Crippen molar-refractivity contribution in [1.29, 1.82) is 0 Å². The lowest BCUT2D eigenvalue weighted by atomic mass is 10.2. The van der Waals surface area contributed by atoms with Gasteiger partial charge in [0.1, 0.15) is 5.82 Å². The molecule has 0 aliphatic carbocycles. The van der Waals surface area contributed by atoms with Crippen LogP contribution in [0.15, 0.2) is 18.3 Å². The topological polar surface area (TPSA) is 64.1 Å². The number of hydrogen-bond acceptors (Lipinski definition) is 5. The van der Waals surface area contributed by atoms with Gasteiger partial charge in [0.15, 0.2) is 11.6 Å². The Labute approximate surface area is 120 Å². The number of nitrogens with one attached hydrogen (secondary N) is 1. The van der Waals surface area contributed by atoms with Crippen molar-refractivity contribution in [2.45, 2.75) is 26.3 Å². The second-order valence-electron chi connectivity index (χ2n) is 4.56. The number of anilines is 1. The quantitative estimate of drug-likeness (QED) is 0.859. The second-order valence-corrected chi connectivity index (χ2v) is 4.56. The van der Waals surface area contributed by atoms with Gasteiger partial charge in [0.25, 0.3) is 0 Å². The summed E-state index contributed by atoms with van der Waals surface area (Å²) < 4.78 is 31.1. The smallest absolute Gasteiger partial charge is 0.307 e. The monoisotopic (exact) mass is 295 g/mol. The number of fused-ring (bicyclic) bond motifs is 1. The number of benzene rings is 1. The number of halogens is 2. The zero-order valence-corrected chi connectivity index (χ0v) is 11.7. The fourth-order valence-electron chi connectivity index (χ4n) is 1.85. The number of carbonyl (C=O) groups excluding carboxylic acids is 1. The fraction of sp³-hybridized carbons (Fsp3) is 0.357. The molecule has 0 saturated carbocycles. The molecular weight excluding hydrogens is 280 g/mol. The standard InChI is InChI=1S/C14H15F2N3O2/c1-3-21-14(20)4-8(2)18-13-7-17-11-5-9(15)10(16)6-12(11)19-13/h5-8H,3-4H2,1-2H3,(H,18,19). The summed E-state index contributed by atoms with van der Waals surface area (Å²) in [6.45, 7) is 3.85. The Bertz CT molecular complexity index is 664. The maximum Gasteiger partial charge on any atom is 0.307 e.